The molecule has 0 amide bonds. The van der Waals surface area contributed by atoms with Crippen molar-refractivity contribution in [3.63, 3.8) is 0 Å². The Hall–Kier alpha value is -4.16. The van der Waals surface area contributed by atoms with Crippen LogP contribution >= 0.6 is 0 Å². The van der Waals surface area contributed by atoms with E-state index in [1.807, 2.05) is 18.2 Å². The maximum Gasteiger partial charge on any atom is 0.228 e. The van der Waals surface area contributed by atoms with Gasteiger partial charge in [0.15, 0.2) is 0 Å². The zero-order valence-corrected chi connectivity index (χ0v) is 20.6. The molecule has 0 aliphatic carbocycles. The lowest BCUT2D eigenvalue weighted by atomic mass is 9.86. The third-order valence-corrected chi connectivity index (χ3v) is 5.62. The zero-order chi connectivity index (χ0) is 25.3. The Bertz CT molecular complexity index is 1460. The van der Waals surface area contributed by atoms with Gasteiger partial charge in [-0.05, 0) is 57.0 Å². The highest BCUT2D eigenvalue weighted by atomic mass is 14.9. The Morgan fingerprint density at radius 3 is 1.62 bits per heavy atom. The van der Waals surface area contributed by atoms with Gasteiger partial charge < -0.3 is 11.5 Å². The van der Waals surface area contributed by atoms with E-state index in [0.29, 0.717) is 23.0 Å². The lowest BCUT2D eigenvalue weighted by Gasteiger charge is -2.19. The molecule has 34 heavy (non-hydrogen) atoms. The molecule has 2 heterocycles. The number of anilines is 2. The fourth-order valence-corrected chi connectivity index (χ4v) is 3.46. The normalized spacial score (nSPS) is 11.4. The van der Waals surface area contributed by atoms with Gasteiger partial charge in [-0.2, -0.15) is 0 Å². The third-order valence-electron chi connectivity index (χ3n) is 5.62. The van der Waals surface area contributed by atoms with Crippen LogP contribution < -0.4 is 11.5 Å². The molecule has 0 radical (unpaired) electrons. The minimum absolute atomic E-state index is 0.0864. The number of hydrogen-bond acceptors (Lipinski definition) is 4. The SMILES string of the molecule is [C-]#[N+]c1cc2cc(C(C)(C)C)ccc2nc1N.[C-]#[N+]c1cc2ccc(C(C)(C)C)cc2nc1N. The Kier molecular flexibility index (Phi) is 6.48. The van der Waals surface area contributed by atoms with Crippen molar-refractivity contribution in [2.45, 2.75) is 52.4 Å². The first kappa shape index (κ1) is 24.5. The molecule has 6 heteroatoms. The summed E-state index contributed by atoms with van der Waals surface area (Å²) in [6, 6.07) is 15.8. The van der Waals surface area contributed by atoms with Crippen molar-refractivity contribution in [1.82, 2.24) is 9.97 Å². The monoisotopic (exact) mass is 450 g/mol. The zero-order valence-electron chi connectivity index (χ0n) is 20.6. The summed E-state index contributed by atoms with van der Waals surface area (Å²) in [5.74, 6) is 0.606. The van der Waals surface area contributed by atoms with Crippen LogP contribution in [0.1, 0.15) is 52.7 Å². The molecule has 0 atom stereocenters. The van der Waals surface area contributed by atoms with Crippen LogP contribution in [0.4, 0.5) is 23.0 Å². The van der Waals surface area contributed by atoms with E-state index in [-0.39, 0.29) is 10.8 Å². The van der Waals surface area contributed by atoms with Crippen LogP contribution in [0, 0.1) is 13.1 Å². The van der Waals surface area contributed by atoms with E-state index in [9.17, 15) is 0 Å². The smallest absolute Gasteiger partial charge is 0.228 e. The van der Waals surface area contributed by atoms with Crippen molar-refractivity contribution in [3.8, 4) is 0 Å². The summed E-state index contributed by atoms with van der Waals surface area (Å²) in [5, 5.41) is 1.93. The summed E-state index contributed by atoms with van der Waals surface area (Å²) >= 11 is 0. The molecule has 0 saturated carbocycles. The number of benzene rings is 2. The molecular weight excluding hydrogens is 420 g/mol. The van der Waals surface area contributed by atoms with Gasteiger partial charge in [0, 0.05) is 0 Å². The number of nitrogen functional groups attached to an aromatic ring is 2. The van der Waals surface area contributed by atoms with E-state index >= 15 is 0 Å². The number of fused-ring (bicyclic) bond motifs is 2. The molecule has 172 valence electrons. The van der Waals surface area contributed by atoms with Crippen molar-refractivity contribution < 1.29 is 0 Å². The first-order valence-electron chi connectivity index (χ1n) is 11.0. The van der Waals surface area contributed by atoms with Crippen LogP contribution in [-0.2, 0) is 10.8 Å². The number of rotatable bonds is 0. The standard InChI is InChI=1S/2C14H15N3/c1-14(2,3)10-5-6-11-9(7-10)8-12(16-4)13(15)17-11;1-14(2,3)10-6-5-9-7-12(16-4)13(15)17-11(9)8-10/h2*5-8H,1-3H3,(H2,15,17). The molecule has 4 aromatic rings. The third kappa shape index (κ3) is 5.24. The van der Waals surface area contributed by atoms with Gasteiger partial charge in [-0.25, -0.2) is 19.7 Å². The number of pyridine rings is 2. The second-order valence-electron chi connectivity index (χ2n) is 10.3. The van der Waals surface area contributed by atoms with E-state index in [4.69, 9.17) is 24.6 Å². The molecule has 0 unspecified atom stereocenters. The van der Waals surface area contributed by atoms with Crippen molar-refractivity contribution in [2.75, 3.05) is 11.5 Å². The predicted molar refractivity (Wildman–Crippen MR) is 142 cm³/mol. The molecule has 0 spiro atoms. The van der Waals surface area contributed by atoms with E-state index in [1.54, 1.807) is 12.1 Å². The Balaban J connectivity index is 0.000000191. The summed E-state index contributed by atoms with van der Waals surface area (Å²) in [6.07, 6.45) is 0. The van der Waals surface area contributed by atoms with Crippen molar-refractivity contribution in [3.05, 3.63) is 82.5 Å². The summed E-state index contributed by atoms with van der Waals surface area (Å²) < 4.78 is 0. The van der Waals surface area contributed by atoms with Crippen LogP contribution in [0.2, 0.25) is 0 Å². The average Bonchev–Trinajstić information content (AvgIpc) is 2.76. The number of nitrogens with two attached hydrogens (primary N) is 2. The number of nitrogens with zero attached hydrogens (tertiary/aromatic N) is 4. The van der Waals surface area contributed by atoms with Gasteiger partial charge >= 0.3 is 0 Å². The molecule has 0 saturated heterocycles. The highest BCUT2D eigenvalue weighted by Crippen LogP contribution is 2.31. The summed E-state index contributed by atoms with van der Waals surface area (Å²) in [6.45, 7) is 27.0. The summed E-state index contributed by atoms with van der Waals surface area (Å²) in [7, 11) is 0. The highest BCUT2D eigenvalue weighted by molar-refractivity contribution is 5.88. The largest absolute Gasteiger partial charge is 0.392 e. The molecule has 2 aromatic heterocycles. The Morgan fingerprint density at radius 1 is 0.618 bits per heavy atom. The average molecular weight is 451 g/mol. The lowest BCUT2D eigenvalue weighted by Crippen LogP contribution is -2.10. The van der Waals surface area contributed by atoms with Gasteiger partial charge in [0.05, 0.1) is 24.2 Å². The fourth-order valence-electron chi connectivity index (χ4n) is 3.46. The van der Waals surface area contributed by atoms with Gasteiger partial charge in [0.2, 0.25) is 11.4 Å². The van der Waals surface area contributed by atoms with Crippen molar-refractivity contribution in [1.29, 1.82) is 0 Å². The van der Waals surface area contributed by atoms with E-state index < -0.39 is 0 Å². The molecule has 0 bridgehead atoms. The minimum atomic E-state index is 0.0864. The minimum Gasteiger partial charge on any atom is -0.392 e. The van der Waals surface area contributed by atoms with Gasteiger partial charge in [0.1, 0.15) is 11.6 Å². The Morgan fingerprint density at radius 2 is 1.09 bits per heavy atom. The van der Waals surface area contributed by atoms with Crippen LogP contribution in [0.15, 0.2) is 48.5 Å². The van der Waals surface area contributed by atoms with E-state index in [0.717, 1.165) is 21.8 Å². The highest BCUT2D eigenvalue weighted by Gasteiger charge is 2.15. The van der Waals surface area contributed by atoms with Crippen LogP contribution in [0.25, 0.3) is 31.5 Å². The molecular formula is C28H30N6. The van der Waals surface area contributed by atoms with Gasteiger partial charge in [-0.1, -0.05) is 65.8 Å². The molecule has 6 nitrogen and oxygen atoms in total. The number of hydrogen-bond donors (Lipinski definition) is 2. The second-order valence-corrected chi connectivity index (χ2v) is 10.3. The van der Waals surface area contributed by atoms with Crippen LogP contribution in [-0.4, -0.2) is 9.97 Å². The maximum absolute atomic E-state index is 7.04. The molecule has 2 aromatic carbocycles. The Labute approximate surface area is 201 Å². The molecule has 4 rings (SSSR count). The second kappa shape index (κ2) is 9.00. The summed E-state index contributed by atoms with van der Waals surface area (Å²) in [4.78, 5) is 15.2. The summed E-state index contributed by atoms with van der Waals surface area (Å²) in [5.41, 5.74) is 16.6. The first-order valence-corrected chi connectivity index (χ1v) is 11.0. The fraction of sp³-hybridized carbons (Fsp3) is 0.286. The maximum atomic E-state index is 7.04. The first-order chi connectivity index (χ1) is 15.8. The predicted octanol–water partition coefficient (Wildman–Crippen LogP) is 7.33. The van der Waals surface area contributed by atoms with Gasteiger partial charge in [0.25, 0.3) is 0 Å². The quantitative estimate of drug-likeness (QED) is 0.275. The van der Waals surface area contributed by atoms with E-state index in [2.05, 4.69) is 79.4 Å². The van der Waals surface area contributed by atoms with Gasteiger partial charge in [-0.3, -0.25) is 0 Å². The molecule has 4 N–H and O–H groups in total. The topological polar surface area (TPSA) is 86.5 Å². The van der Waals surface area contributed by atoms with Crippen molar-refractivity contribution in [2.24, 2.45) is 0 Å². The van der Waals surface area contributed by atoms with Crippen LogP contribution in [0.3, 0.4) is 0 Å². The molecule has 0 aliphatic heterocycles. The van der Waals surface area contributed by atoms with Crippen molar-refractivity contribution >= 4 is 44.8 Å². The van der Waals surface area contributed by atoms with E-state index in [1.165, 1.54) is 11.1 Å². The molecule has 0 fully saturated rings. The van der Waals surface area contributed by atoms with Gasteiger partial charge in [-0.15, -0.1) is 0 Å². The molecule has 0 aliphatic rings. The van der Waals surface area contributed by atoms with Crippen LogP contribution in [0.5, 0.6) is 0 Å². The lowest BCUT2D eigenvalue weighted by molar-refractivity contribution is 0.591. The number of aromatic nitrogens is 2.